The molecule has 2 rings (SSSR count). The molecule has 0 radical (unpaired) electrons. The van der Waals surface area contributed by atoms with E-state index in [0.29, 0.717) is 0 Å². The van der Waals surface area contributed by atoms with Crippen LogP contribution < -0.4 is 0 Å². The Kier molecular flexibility index (Phi) is 3.64. The highest BCUT2D eigenvalue weighted by Crippen LogP contribution is 2.27. The zero-order valence-corrected chi connectivity index (χ0v) is 10.8. The predicted molar refractivity (Wildman–Crippen MR) is 70.9 cm³/mol. The molecule has 17 heavy (non-hydrogen) atoms. The van der Waals surface area contributed by atoms with Crippen LogP contribution in [0.5, 0.6) is 0 Å². The normalized spacial score (nSPS) is 10.4. The summed E-state index contributed by atoms with van der Waals surface area (Å²) in [5, 5.41) is 1.03. The first-order chi connectivity index (χ1) is 8.22. The fourth-order valence-electron chi connectivity index (χ4n) is 1.71. The molecule has 0 aliphatic rings. The summed E-state index contributed by atoms with van der Waals surface area (Å²) in [5.74, 6) is -0.249. The third-order valence-electron chi connectivity index (χ3n) is 2.43. The molecule has 3 nitrogen and oxygen atoms in total. The molecule has 0 bridgehead atoms. The van der Waals surface area contributed by atoms with Crippen LogP contribution in [0.15, 0.2) is 41.5 Å². The topological polar surface area (TPSA) is 42.1 Å². The maximum absolute atomic E-state index is 11.5. The highest BCUT2D eigenvalue weighted by Gasteiger charge is 2.11. The summed E-state index contributed by atoms with van der Waals surface area (Å²) >= 11 is 3.48. The fourth-order valence-corrected chi connectivity index (χ4v) is 2.33. The lowest BCUT2D eigenvalue weighted by molar-refractivity contribution is -0.141. The molecule has 0 amide bonds. The van der Waals surface area contributed by atoms with Crippen molar-refractivity contribution >= 4 is 32.8 Å². The van der Waals surface area contributed by atoms with Crippen molar-refractivity contribution in [2.75, 3.05) is 6.61 Å². The van der Waals surface area contributed by atoms with Crippen LogP contribution in [-0.4, -0.2) is 17.6 Å². The number of H-pyrrole nitrogens is 1. The summed E-state index contributed by atoms with van der Waals surface area (Å²) in [5.41, 5.74) is 1.94. The van der Waals surface area contributed by atoms with Crippen molar-refractivity contribution in [3.05, 3.63) is 47.1 Å². The first-order valence-corrected chi connectivity index (χ1v) is 6.02. The zero-order valence-electron chi connectivity index (χ0n) is 9.20. The van der Waals surface area contributed by atoms with Crippen molar-refractivity contribution in [2.24, 2.45) is 0 Å². The van der Waals surface area contributed by atoms with Crippen LogP contribution in [0.3, 0.4) is 0 Å². The molecular weight excluding hydrogens is 282 g/mol. The maximum Gasteiger partial charge on any atom is 0.310 e. The van der Waals surface area contributed by atoms with Crippen LogP contribution in [0.1, 0.15) is 5.56 Å². The van der Waals surface area contributed by atoms with Crippen LogP contribution in [0.2, 0.25) is 0 Å². The Balaban J connectivity index is 2.24. The van der Waals surface area contributed by atoms with Gasteiger partial charge in [-0.05, 0) is 17.7 Å². The van der Waals surface area contributed by atoms with Gasteiger partial charge in [0.15, 0.2) is 0 Å². The summed E-state index contributed by atoms with van der Waals surface area (Å²) in [6.07, 6.45) is 3.66. The minimum Gasteiger partial charge on any atom is -0.461 e. The lowest BCUT2D eigenvalue weighted by atomic mass is 10.1. The Morgan fingerprint density at radius 1 is 1.53 bits per heavy atom. The third kappa shape index (κ3) is 2.58. The molecule has 1 aromatic heterocycles. The quantitative estimate of drug-likeness (QED) is 0.695. The van der Waals surface area contributed by atoms with Crippen molar-refractivity contribution in [1.29, 1.82) is 0 Å². The van der Waals surface area contributed by atoms with Crippen molar-refractivity contribution in [3.8, 4) is 0 Å². The average Bonchev–Trinajstić information content (AvgIpc) is 2.71. The van der Waals surface area contributed by atoms with Crippen LogP contribution in [0.4, 0.5) is 0 Å². The number of ether oxygens (including phenoxy) is 1. The summed E-state index contributed by atoms with van der Waals surface area (Å²) in [6, 6.07) is 5.87. The molecule has 2 aromatic rings. The summed E-state index contributed by atoms with van der Waals surface area (Å²) < 4.78 is 5.94. The number of aromatic amines is 1. The largest absolute Gasteiger partial charge is 0.461 e. The van der Waals surface area contributed by atoms with Gasteiger partial charge in [-0.25, -0.2) is 0 Å². The second kappa shape index (κ2) is 5.19. The standard InChI is InChI=1S/C13H12BrNO2/c1-2-6-17-12(16)7-9-8-15-11-5-3-4-10(14)13(9)11/h2-5,8,15H,1,6-7H2. The monoisotopic (exact) mass is 293 g/mol. The molecule has 0 atom stereocenters. The third-order valence-corrected chi connectivity index (χ3v) is 3.09. The fraction of sp³-hybridized carbons (Fsp3) is 0.154. The van der Waals surface area contributed by atoms with Gasteiger partial charge in [-0.1, -0.05) is 34.7 Å². The van der Waals surface area contributed by atoms with E-state index in [4.69, 9.17) is 4.74 Å². The van der Waals surface area contributed by atoms with Crippen molar-refractivity contribution in [3.63, 3.8) is 0 Å². The van der Waals surface area contributed by atoms with Crippen molar-refractivity contribution < 1.29 is 9.53 Å². The summed E-state index contributed by atoms with van der Waals surface area (Å²) in [4.78, 5) is 14.7. The Hall–Kier alpha value is -1.55. The van der Waals surface area contributed by atoms with Crippen LogP contribution in [0.25, 0.3) is 10.9 Å². The second-order valence-electron chi connectivity index (χ2n) is 3.62. The molecule has 0 fully saturated rings. The van der Waals surface area contributed by atoms with E-state index in [2.05, 4.69) is 27.5 Å². The number of carbonyl (C=O) groups excluding carboxylic acids is 1. The predicted octanol–water partition coefficient (Wildman–Crippen LogP) is 3.20. The van der Waals surface area contributed by atoms with E-state index in [1.54, 1.807) is 6.08 Å². The van der Waals surface area contributed by atoms with E-state index in [1.165, 1.54) is 0 Å². The molecule has 0 unspecified atom stereocenters. The van der Waals surface area contributed by atoms with E-state index in [1.807, 2.05) is 24.4 Å². The first-order valence-electron chi connectivity index (χ1n) is 5.23. The van der Waals surface area contributed by atoms with E-state index in [0.717, 1.165) is 20.9 Å². The molecule has 0 aliphatic carbocycles. The molecular formula is C13H12BrNO2. The Labute approximate surface area is 108 Å². The van der Waals surface area contributed by atoms with Crippen molar-refractivity contribution in [2.45, 2.75) is 6.42 Å². The lowest BCUT2D eigenvalue weighted by Gasteiger charge is -2.02. The molecule has 0 saturated carbocycles. The Bertz CT molecular complexity index is 560. The number of nitrogens with one attached hydrogen (secondary N) is 1. The Morgan fingerprint density at radius 3 is 3.12 bits per heavy atom. The van der Waals surface area contributed by atoms with Gasteiger partial charge < -0.3 is 9.72 Å². The number of aromatic nitrogens is 1. The average molecular weight is 294 g/mol. The number of esters is 1. The number of fused-ring (bicyclic) bond motifs is 1. The minimum atomic E-state index is -0.249. The molecule has 4 heteroatoms. The van der Waals surface area contributed by atoms with E-state index >= 15 is 0 Å². The van der Waals surface area contributed by atoms with Crippen LogP contribution >= 0.6 is 15.9 Å². The highest BCUT2D eigenvalue weighted by atomic mass is 79.9. The van der Waals surface area contributed by atoms with Gasteiger partial charge in [0.05, 0.1) is 6.42 Å². The number of benzene rings is 1. The highest BCUT2D eigenvalue weighted by molar-refractivity contribution is 9.10. The molecule has 0 spiro atoms. The zero-order chi connectivity index (χ0) is 12.3. The molecule has 0 saturated heterocycles. The lowest BCUT2D eigenvalue weighted by Crippen LogP contribution is -2.07. The van der Waals surface area contributed by atoms with Gasteiger partial charge >= 0.3 is 5.97 Å². The van der Waals surface area contributed by atoms with Gasteiger partial charge in [0.25, 0.3) is 0 Å². The SMILES string of the molecule is C=CCOC(=O)Cc1c[nH]c2cccc(Br)c12. The molecule has 1 aromatic carbocycles. The van der Waals surface area contributed by atoms with Crippen LogP contribution in [0, 0.1) is 0 Å². The van der Waals surface area contributed by atoms with Crippen LogP contribution in [-0.2, 0) is 16.0 Å². The number of hydrogen-bond donors (Lipinski definition) is 1. The van der Waals surface area contributed by atoms with Gasteiger partial charge in [-0.15, -0.1) is 0 Å². The first kappa shape index (κ1) is 11.9. The maximum atomic E-state index is 11.5. The molecule has 1 heterocycles. The van der Waals surface area contributed by atoms with E-state index in [9.17, 15) is 4.79 Å². The summed E-state index contributed by atoms with van der Waals surface area (Å²) in [7, 11) is 0. The van der Waals surface area contributed by atoms with E-state index < -0.39 is 0 Å². The second-order valence-corrected chi connectivity index (χ2v) is 4.48. The summed E-state index contributed by atoms with van der Waals surface area (Å²) in [6.45, 7) is 3.76. The number of rotatable bonds is 4. The van der Waals surface area contributed by atoms with Gasteiger partial charge in [0, 0.05) is 21.6 Å². The number of halogens is 1. The molecule has 88 valence electrons. The van der Waals surface area contributed by atoms with Crippen molar-refractivity contribution in [1.82, 2.24) is 4.98 Å². The molecule has 1 N–H and O–H groups in total. The number of hydrogen-bond acceptors (Lipinski definition) is 2. The van der Waals surface area contributed by atoms with Gasteiger partial charge in [-0.3, -0.25) is 4.79 Å². The number of carbonyl (C=O) groups is 1. The van der Waals surface area contributed by atoms with Gasteiger partial charge in [0.2, 0.25) is 0 Å². The van der Waals surface area contributed by atoms with Gasteiger partial charge in [0.1, 0.15) is 6.61 Å². The van der Waals surface area contributed by atoms with Gasteiger partial charge in [-0.2, -0.15) is 0 Å². The van der Waals surface area contributed by atoms with E-state index in [-0.39, 0.29) is 19.0 Å². The Morgan fingerprint density at radius 2 is 2.35 bits per heavy atom. The minimum absolute atomic E-state index is 0.249. The smallest absolute Gasteiger partial charge is 0.310 e. The molecule has 0 aliphatic heterocycles.